The summed E-state index contributed by atoms with van der Waals surface area (Å²) >= 11 is 0. The molecule has 3 aliphatic rings. The molecule has 30 heavy (non-hydrogen) atoms. The van der Waals surface area contributed by atoms with Crippen LogP contribution in [0.2, 0.25) is 0 Å². The molecule has 4 rings (SSSR count). The number of hydrogen-bond acceptors (Lipinski definition) is 6. The molecule has 1 amide bonds. The Balaban J connectivity index is 1.99. The first-order valence-electron chi connectivity index (χ1n) is 10.1. The summed E-state index contributed by atoms with van der Waals surface area (Å²) in [5, 5.41) is 2.83. The van der Waals surface area contributed by atoms with Gasteiger partial charge in [0.1, 0.15) is 11.4 Å². The minimum atomic E-state index is -0.656. The second-order valence-electron chi connectivity index (χ2n) is 8.67. The van der Waals surface area contributed by atoms with Crippen molar-refractivity contribution < 1.29 is 23.9 Å². The van der Waals surface area contributed by atoms with Crippen LogP contribution < -0.4 is 10.1 Å². The summed E-state index contributed by atoms with van der Waals surface area (Å²) in [7, 11) is 2.87. The van der Waals surface area contributed by atoms with Crippen molar-refractivity contribution in [3.63, 3.8) is 0 Å². The van der Waals surface area contributed by atoms with Gasteiger partial charge in [-0.25, -0.2) is 4.79 Å². The summed E-state index contributed by atoms with van der Waals surface area (Å²) in [6.07, 6.45) is 1.05. The zero-order valence-corrected chi connectivity index (χ0v) is 17.7. The van der Waals surface area contributed by atoms with Gasteiger partial charge in [-0.1, -0.05) is 26.0 Å². The van der Waals surface area contributed by atoms with Gasteiger partial charge >= 0.3 is 5.97 Å². The molecule has 1 N–H and O–H groups in total. The fourth-order valence-electron chi connectivity index (χ4n) is 4.74. The van der Waals surface area contributed by atoms with Crippen LogP contribution in [0, 0.1) is 5.41 Å². The Labute approximate surface area is 175 Å². The standard InChI is InChI=1S/C23H26N2O5/c1-23(2)11-15-18(16(26)12-23)17(13-5-7-14(29-3)8-6-13)19(22(28)30-4)20-21(27)24-9-10-25(15)20/h5-8,17H,9-12H2,1-4H3,(H,24,27)/t17-/m1/s1. The number of nitrogens with one attached hydrogen (secondary N) is 1. The van der Waals surface area contributed by atoms with Crippen LogP contribution in [0.1, 0.15) is 38.2 Å². The summed E-state index contributed by atoms with van der Waals surface area (Å²) in [5.41, 5.74) is 2.47. The maximum Gasteiger partial charge on any atom is 0.337 e. The molecule has 0 saturated carbocycles. The Kier molecular flexibility index (Phi) is 4.92. The average molecular weight is 410 g/mol. The van der Waals surface area contributed by atoms with Crippen LogP contribution in [0.15, 0.2) is 46.8 Å². The van der Waals surface area contributed by atoms with Crippen molar-refractivity contribution in [2.75, 3.05) is 27.3 Å². The van der Waals surface area contributed by atoms with E-state index in [0.29, 0.717) is 37.3 Å². The van der Waals surface area contributed by atoms with Gasteiger partial charge in [0.15, 0.2) is 5.78 Å². The summed E-state index contributed by atoms with van der Waals surface area (Å²) in [4.78, 5) is 41.1. The predicted octanol–water partition coefficient (Wildman–Crippen LogP) is 2.29. The number of benzene rings is 1. The van der Waals surface area contributed by atoms with E-state index in [-0.39, 0.29) is 28.4 Å². The van der Waals surface area contributed by atoms with Crippen molar-refractivity contribution in [1.82, 2.24) is 10.2 Å². The topological polar surface area (TPSA) is 84.9 Å². The number of fused-ring (bicyclic) bond motifs is 2. The number of methoxy groups -OCH3 is 2. The number of rotatable bonds is 3. The lowest BCUT2D eigenvalue weighted by molar-refractivity contribution is -0.137. The Hall–Kier alpha value is -3.09. The first-order valence-corrected chi connectivity index (χ1v) is 10.1. The fourth-order valence-corrected chi connectivity index (χ4v) is 4.74. The molecule has 2 heterocycles. The lowest BCUT2D eigenvalue weighted by Gasteiger charge is -2.46. The summed E-state index contributed by atoms with van der Waals surface area (Å²) < 4.78 is 10.3. The second kappa shape index (κ2) is 7.31. The van der Waals surface area contributed by atoms with E-state index >= 15 is 0 Å². The molecule has 0 unspecified atom stereocenters. The smallest absolute Gasteiger partial charge is 0.337 e. The number of Topliss-reactive ketones (excluding diaryl/α,β-unsaturated/α-hetero) is 1. The van der Waals surface area contributed by atoms with Gasteiger partial charge in [0.05, 0.1) is 19.8 Å². The lowest BCUT2D eigenvalue weighted by Crippen LogP contribution is -2.51. The van der Waals surface area contributed by atoms with Gasteiger partial charge in [-0.3, -0.25) is 9.59 Å². The molecule has 0 radical (unpaired) electrons. The molecular weight excluding hydrogens is 384 g/mol. The van der Waals surface area contributed by atoms with Gasteiger partial charge in [0, 0.05) is 36.7 Å². The minimum absolute atomic E-state index is 0.00787. The molecule has 7 nitrogen and oxygen atoms in total. The highest BCUT2D eigenvalue weighted by Gasteiger charge is 2.48. The number of carbonyl (C=O) groups is 3. The van der Waals surface area contributed by atoms with Crippen LogP contribution in [0.3, 0.4) is 0 Å². The summed E-state index contributed by atoms with van der Waals surface area (Å²) in [5.74, 6) is -0.894. The molecule has 1 atom stereocenters. The number of esters is 1. The van der Waals surface area contributed by atoms with Crippen molar-refractivity contribution in [2.45, 2.75) is 32.6 Å². The SMILES string of the molecule is COC(=O)C1=C2C(=O)NCCN2C2=C(C(=O)CC(C)(C)C2)[C@H]1c1ccc(OC)cc1. The molecule has 1 aromatic rings. The van der Waals surface area contributed by atoms with Gasteiger partial charge in [-0.05, 0) is 29.5 Å². The molecule has 1 saturated heterocycles. The number of nitrogens with zero attached hydrogens (tertiary/aromatic N) is 1. The van der Waals surface area contributed by atoms with Crippen LogP contribution in [0.5, 0.6) is 5.75 Å². The second-order valence-corrected chi connectivity index (χ2v) is 8.67. The van der Waals surface area contributed by atoms with E-state index in [9.17, 15) is 14.4 Å². The van der Waals surface area contributed by atoms with Gasteiger partial charge < -0.3 is 19.7 Å². The number of allylic oxidation sites excluding steroid dienone is 2. The Morgan fingerprint density at radius 1 is 1.13 bits per heavy atom. The monoisotopic (exact) mass is 410 g/mol. The average Bonchev–Trinajstić information content (AvgIpc) is 2.72. The van der Waals surface area contributed by atoms with Crippen molar-refractivity contribution in [3.8, 4) is 5.75 Å². The van der Waals surface area contributed by atoms with E-state index in [2.05, 4.69) is 19.2 Å². The van der Waals surface area contributed by atoms with Crippen LogP contribution in [0.4, 0.5) is 0 Å². The number of piperazine rings is 1. The molecule has 0 spiro atoms. The number of hydrogen-bond donors (Lipinski definition) is 1. The maximum atomic E-state index is 13.4. The zero-order valence-electron chi connectivity index (χ0n) is 17.7. The van der Waals surface area contributed by atoms with Crippen molar-refractivity contribution >= 4 is 17.7 Å². The summed E-state index contributed by atoms with van der Waals surface area (Å²) in [6, 6.07) is 7.25. The van der Waals surface area contributed by atoms with E-state index in [1.165, 1.54) is 7.11 Å². The van der Waals surface area contributed by atoms with Crippen molar-refractivity contribution in [1.29, 1.82) is 0 Å². The third-order valence-electron chi connectivity index (χ3n) is 6.02. The third-order valence-corrected chi connectivity index (χ3v) is 6.02. The quantitative estimate of drug-likeness (QED) is 0.770. The molecule has 7 heteroatoms. The Bertz CT molecular complexity index is 987. The fraction of sp³-hybridized carbons (Fsp3) is 0.435. The minimum Gasteiger partial charge on any atom is -0.497 e. The van der Waals surface area contributed by atoms with Gasteiger partial charge in [0.25, 0.3) is 5.91 Å². The predicted molar refractivity (Wildman–Crippen MR) is 110 cm³/mol. The zero-order chi connectivity index (χ0) is 21.6. The van der Waals surface area contributed by atoms with E-state index in [1.54, 1.807) is 19.2 Å². The van der Waals surface area contributed by atoms with E-state index < -0.39 is 11.9 Å². The van der Waals surface area contributed by atoms with E-state index in [0.717, 1.165) is 11.3 Å². The molecule has 0 aromatic heterocycles. The highest BCUT2D eigenvalue weighted by molar-refractivity contribution is 6.09. The normalized spacial score (nSPS) is 22.9. The molecule has 0 bridgehead atoms. The summed E-state index contributed by atoms with van der Waals surface area (Å²) in [6.45, 7) is 5.08. The maximum absolute atomic E-state index is 13.4. The Morgan fingerprint density at radius 3 is 2.47 bits per heavy atom. The molecule has 1 aromatic carbocycles. The van der Waals surface area contributed by atoms with Crippen LogP contribution in [-0.2, 0) is 19.1 Å². The van der Waals surface area contributed by atoms with Gasteiger partial charge in [-0.2, -0.15) is 0 Å². The third kappa shape index (κ3) is 3.18. The number of ketones is 1. The number of carbonyl (C=O) groups excluding carboxylic acids is 3. The molecular formula is C23H26N2O5. The Morgan fingerprint density at radius 2 is 1.83 bits per heavy atom. The van der Waals surface area contributed by atoms with Gasteiger partial charge in [-0.15, -0.1) is 0 Å². The van der Waals surface area contributed by atoms with Crippen LogP contribution >= 0.6 is 0 Å². The highest BCUT2D eigenvalue weighted by Crippen LogP contribution is 2.50. The highest BCUT2D eigenvalue weighted by atomic mass is 16.5. The molecule has 158 valence electrons. The van der Waals surface area contributed by atoms with Gasteiger partial charge in [0.2, 0.25) is 0 Å². The van der Waals surface area contributed by atoms with Crippen molar-refractivity contribution in [2.24, 2.45) is 5.41 Å². The number of amides is 1. The first-order chi connectivity index (χ1) is 14.3. The molecule has 1 fully saturated rings. The molecule has 2 aliphatic heterocycles. The van der Waals surface area contributed by atoms with E-state index in [1.807, 2.05) is 17.0 Å². The van der Waals surface area contributed by atoms with Crippen molar-refractivity contribution in [3.05, 3.63) is 52.4 Å². The molecule has 1 aliphatic carbocycles. The van der Waals surface area contributed by atoms with Crippen LogP contribution in [-0.4, -0.2) is 49.9 Å². The first kappa shape index (κ1) is 20.2. The number of ether oxygens (including phenoxy) is 2. The largest absolute Gasteiger partial charge is 0.497 e. The van der Waals surface area contributed by atoms with E-state index in [4.69, 9.17) is 9.47 Å². The van der Waals surface area contributed by atoms with Crippen LogP contribution in [0.25, 0.3) is 0 Å². The lowest BCUT2D eigenvalue weighted by atomic mass is 9.68.